The van der Waals surface area contributed by atoms with Crippen molar-refractivity contribution in [1.82, 2.24) is 13.9 Å². The fourth-order valence-corrected chi connectivity index (χ4v) is 5.23. The van der Waals surface area contributed by atoms with Gasteiger partial charge in [-0.2, -0.15) is 4.31 Å². The van der Waals surface area contributed by atoms with Crippen molar-refractivity contribution < 1.29 is 17.9 Å². The Bertz CT molecular complexity index is 1170. The maximum Gasteiger partial charge on any atom is 0.243 e. The zero-order valence-corrected chi connectivity index (χ0v) is 18.7. The van der Waals surface area contributed by atoms with Crippen LogP contribution in [0.3, 0.4) is 0 Å². The van der Waals surface area contributed by atoms with E-state index in [-0.39, 0.29) is 11.5 Å². The number of ether oxygens (including phenoxy) is 2. The SMILES string of the molecule is CCn1c(COc2cccc(Cl)c2Cl)nc2cc(S(=O)(=O)N3CCOCC3)ccc21. The number of benzene rings is 2. The van der Waals surface area contributed by atoms with E-state index in [2.05, 4.69) is 4.98 Å². The van der Waals surface area contributed by atoms with Crippen LogP contribution in [0.15, 0.2) is 41.3 Å². The summed E-state index contributed by atoms with van der Waals surface area (Å²) in [5.74, 6) is 1.14. The van der Waals surface area contributed by atoms with Gasteiger partial charge in [-0.05, 0) is 37.3 Å². The number of imidazole rings is 1. The van der Waals surface area contributed by atoms with Gasteiger partial charge in [-0.15, -0.1) is 0 Å². The average Bonchev–Trinajstić information content (AvgIpc) is 3.12. The first-order valence-corrected chi connectivity index (χ1v) is 11.7. The second-order valence-electron chi connectivity index (χ2n) is 6.78. The Morgan fingerprint density at radius 1 is 1.17 bits per heavy atom. The van der Waals surface area contributed by atoms with E-state index >= 15 is 0 Å². The molecule has 0 aliphatic carbocycles. The molecule has 0 bridgehead atoms. The molecule has 1 fully saturated rings. The van der Waals surface area contributed by atoms with Crippen LogP contribution in [-0.4, -0.2) is 48.6 Å². The minimum Gasteiger partial charge on any atom is -0.484 e. The lowest BCUT2D eigenvalue weighted by molar-refractivity contribution is 0.0730. The number of hydrogen-bond acceptors (Lipinski definition) is 5. The van der Waals surface area contributed by atoms with E-state index in [9.17, 15) is 8.42 Å². The van der Waals surface area contributed by atoms with E-state index < -0.39 is 10.0 Å². The van der Waals surface area contributed by atoms with E-state index in [1.54, 1.807) is 36.4 Å². The molecule has 0 atom stereocenters. The molecule has 1 aromatic heterocycles. The number of nitrogens with zero attached hydrogens (tertiary/aromatic N) is 3. The van der Waals surface area contributed by atoms with E-state index in [1.165, 1.54) is 4.31 Å². The third kappa shape index (κ3) is 4.02. The van der Waals surface area contributed by atoms with Crippen LogP contribution in [0.5, 0.6) is 5.75 Å². The molecular weight excluding hydrogens is 449 g/mol. The monoisotopic (exact) mass is 469 g/mol. The van der Waals surface area contributed by atoms with E-state index in [4.69, 9.17) is 32.7 Å². The Morgan fingerprint density at radius 3 is 2.67 bits per heavy atom. The first-order valence-electron chi connectivity index (χ1n) is 9.55. The van der Waals surface area contributed by atoms with E-state index in [0.717, 1.165) is 5.52 Å². The number of aromatic nitrogens is 2. The predicted octanol–water partition coefficient (Wildman–Crippen LogP) is 3.96. The number of fused-ring (bicyclic) bond motifs is 1. The Labute approximate surface area is 185 Å². The number of halogens is 2. The van der Waals surface area contributed by atoms with Gasteiger partial charge < -0.3 is 14.0 Å². The molecule has 3 aromatic rings. The molecule has 160 valence electrons. The molecule has 0 saturated carbocycles. The average molecular weight is 470 g/mol. The maximum atomic E-state index is 13.0. The smallest absolute Gasteiger partial charge is 0.243 e. The van der Waals surface area contributed by atoms with Crippen molar-refractivity contribution >= 4 is 44.3 Å². The molecular formula is C20H21Cl2N3O4S. The highest BCUT2D eigenvalue weighted by molar-refractivity contribution is 7.89. The Morgan fingerprint density at radius 2 is 1.93 bits per heavy atom. The number of morpholine rings is 1. The van der Waals surface area contributed by atoms with Gasteiger partial charge in [0, 0.05) is 19.6 Å². The summed E-state index contributed by atoms with van der Waals surface area (Å²) in [5.41, 5.74) is 1.44. The minimum absolute atomic E-state index is 0.175. The van der Waals surface area contributed by atoms with Gasteiger partial charge in [0.2, 0.25) is 10.0 Å². The summed E-state index contributed by atoms with van der Waals surface area (Å²) in [7, 11) is -3.59. The van der Waals surface area contributed by atoms with Crippen molar-refractivity contribution in [2.75, 3.05) is 26.3 Å². The molecule has 7 nitrogen and oxygen atoms in total. The zero-order chi connectivity index (χ0) is 21.3. The topological polar surface area (TPSA) is 73.7 Å². The highest BCUT2D eigenvalue weighted by Gasteiger charge is 2.27. The molecule has 0 amide bonds. The van der Waals surface area contributed by atoms with Crippen LogP contribution >= 0.6 is 23.2 Å². The highest BCUT2D eigenvalue weighted by Crippen LogP contribution is 2.32. The Hall–Kier alpha value is -1.84. The van der Waals surface area contributed by atoms with Gasteiger partial charge in [-0.25, -0.2) is 13.4 Å². The van der Waals surface area contributed by atoms with E-state index in [0.29, 0.717) is 60.0 Å². The second-order valence-corrected chi connectivity index (χ2v) is 9.50. The van der Waals surface area contributed by atoms with Gasteiger partial charge in [0.25, 0.3) is 0 Å². The molecule has 2 aromatic carbocycles. The standard InChI is InChI=1S/C20H21Cl2N3O4S/c1-2-25-17-7-6-14(30(26,27)24-8-10-28-11-9-24)12-16(17)23-19(25)13-29-18-5-3-4-15(21)20(18)22/h3-7,12H,2,8-11,13H2,1H3. The maximum absolute atomic E-state index is 13.0. The van der Waals surface area contributed by atoms with Crippen molar-refractivity contribution in [2.24, 2.45) is 0 Å². The fourth-order valence-electron chi connectivity index (χ4n) is 3.46. The number of sulfonamides is 1. The summed E-state index contributed by atoms with van der Waals surface area (Å²) in [4.78, 5) is 4.85. The number of hydrogen-bond donors (Lipinski definition) is 0. The minimum atomic E-state index is -3.59. The Kier molecular flexibility index (Phi) is 6.22. The fraction of sp³-hybridized carbons (Fsp3) is 0.350. The van der Waals surface area contributed by atoms with Crippen LogP contribution in [0.1, 0.15) is 12.7 Å². The van der Waals surface area contributed by atoms with Crippen LogP contribution in [0.2, 0.25) is 10.0 Å². The third-order valence-electron chi connectivity index (χ3n) is 5.00. The van der Waals surface area contributed by atoms with Gasteiger partial charge in [-0.3, -0.25) is 0 Å². The van der Waals surface area contributed by atoms with Crippen molar-refractivity contribution in [1.29, 1.82) is 0 Å². The molecule has 0 N–H and O–H groups in total. The summed E-state index contributed by atoms with van der Waals surface area (Å²) < 4.78 is 40.4. The summed E-state index contributed by atoms with van der Waals surface area (Å²) in [6.07, 6.45) is 0. The van der Waals surface area contributed by atoms with Gasteiger partial charge in [0.1, 0.15) is 23.2 Å². The molecule has 10 heteroatoms. The van der Waals surface area contributed by atoms with Crippen LogP contribution in [0, 0.1) is 0 Å². The van der Waals surface area contributed by atoms with E-state index in [1.807, 2.05) is 11.5 Å². The molecule has 0 spiro atoms. The van der Waals surface area contributed by atoms with Gasteiger partial charge in [-0.1, -0.05) is 29.3 Å². The van der Waals surface area contributed by atoms with Crippen molar-refractivity contribution in [3.05, 3.63) is 52.3 Å². The van der Waals surface area contributed by atoms with Crippen LogP contribution in [-0.2, 0) is 27.9 Å². The van der Waals surface area contributed by atoms with Crippen molar-refractivity contribution in [3.63, 3.8) is 0 Å². The molecule has 30 heavy (non-hydrogen) atoms. The van der Waals surface area contributed by atoms with Crippen molar-refractivity contribution in [2.45, 2.75) is 25.0 Å². The third-order valence-corrected chi connectivity index (χ3v) is 7.69. The van der Waals surface area contributed by atoms with Crippen LogP contribution in [0.25, 0.3) is 11.0 Å². The lowest BCUT2D eigenvalue weighted by Gasteiger charge is -2.26. The van der Waals surface area contributed by atoms with Crippen LogP contribution in [0.4, 0.5) is 0 Å². The van der Waals surface area contributed by atoms with Crippen molar-refractivity contribution in [3.8, 4) is 5.75 Å². The molecule has 2 heterocycles. The molecule has 1 saturated heterocycles. The predicted molar refractivity (Wildman–Crippen MR) is 116 cm³/mol. The molecule has 4 rings (SSSR count). The zero-order valence-electron chi connectivity index (χ0n) is 16.3. The normalized spacial score (nSPS) is 15.6. The first-order chi connectivity index (χ1) is 14.4. The number of rotatable bonds is 6. The van der Waals surface area contributed by atoms with Gasteiger partial charge in [0.15, 0.2) is 0 Å². The lowest BCUT2D eigenvalue weighted by atomic mass is 10.3. The van der Waals surface area contributed by atoms with Crippen LogP contribution < -0.4 is 4.74 Å². The molecule has 0 radical (unpaired) electrons. The quantitative estimate of drug-likeness (QED) is 0.545. The lowest BCUT2D eigenvalue weighted by Crippen LogP contribution is -2.40. The molecule has 0 unspecified atom stereocenters. The summed E-state index contributed by atoms with van der Waals surface area (Å²) in [6.45, 7) is 4.34. The largest absolute Gasteiger partial charge is 0.484 e. The first kappa shape index (κ1) is 21.4. The summed E-state index contributed by atoms with van der Waals surface area (Å²) >= 11 is 12.2. The molecule has 1 aliphatic rings. The highest BCUT2D eigenvalue weighted by atomic mass is 35.5. The summed E-state index contributed by atoms with van der Waals surface area (Å²) in [6, 6.07) is 10.2. The Balaban J connectivity index is 1.64. The number of aryl methyl sites for hydroxylation is 1. The van der Waals surface area contributed by atoms with Gasteiger partial charge in [0.05, 0.1) is 34.2 Å². The van der Waals surface area contributed by atoms with Gasteiger partial charge >= 0.3 is 0 Å². The molecule has 1 aliphatic heterocycles. The summed E-state index contributed by atoms with van der Waals surface area (Å²) in [5, 5.41) is 0.758. The second kappa shape index (κ2) is 8.72.